The zero-order valence-corrected chi connectivity index (χ0v) is 44.2. The first-order chi connectivity index (χ1) is 30.8. The van der Waals surface area contributed by atoms with Gasteiger partial charge in [-0.15, -0.1) is 24.3 Å². The molecule has 0 spiro atoms. The fraction of sp³-hybridized carbons (Fsp3) is 0.367. The van der Waals surface area contributed by atoms with Gasteiger partial charge in [0.1, 0.15) is 0 Å². The molecule has 2 aliphatic rings. The van der Waals surface area contributed by atoms with Gasteiger partial charge in [0.2, 0.25) is 0 Å². The average molecular weight is 939 g/mol. The first kappa shape index (κ1) is 50.5. The second-order valence-electron chi connectivity index (χ2n) is 20.6. The van der Waals surface area contributed by atoms with E-state index in [9.17, 15) is 10.2 Å². The fourth-order valence-electron chi connectivity index (χ4n) is 9.07. The van der Waals surface area contributed by atoms with Crippen molar-refractivity contribution in [3.05, 3.63) is 191 Å². The van der Waals surface area contributed by atoms with Gasteiger partial charge in [0.25, 0.3) is 0 Å². The summed E-state index contributed by atoms with van der Waals surface area (Å²) < 4.78 is 0. The third kappa shape index (κ3) is 13.8. The summed E-state index contributed by atoms with van der Waals surface area (Å²) in [5, 5.41) is 25.6. The Kier molecular flexibility index (Phi) is 17.3. The fourth-order valence-corrected chi connectivity index (χ4v) is 29.9. The molecule has 1 fully saturated rings. The maximum atomic E-state index is 12.1. The summed E-state index contributed by atoms with van der Waals surface area (Å²) in [4.78, 5) is 0. The first-order valence-electron chi connectivity index (χ1n) is 23.6. The topological polar surface area (TPSA) is 40.5 Å². The molecule has 6 aromatic rings. The summed E-state index contributed by atoms with van der Waals surface area (Å²) in [6.07, 6.45) is 8.01. The van der Waals surface area contributed by atoms with Crippen LogP contribution in [0.4, 0.5) is 0 Å². The maximum absolute atomic E-state index is 12.1. The van der Waals surface area contributed by atoms with Crippen LogP contribution < -0.4 is 0 Å². The van der Waals surface area contributed by atoms with Gasteiger partial charge in [-0.1, -0.05) is 12.1 Å². The van der Waals surface area contributed by atoms with Crippen LogP contribution in [-0.2, 0) is 37.8 Å². The van der Waals surface area contributed by atoms with Crippen LogP contribution in [0, 0.1) is 41.5 Å². The smallest absolute Gasteiger partial charge is 0.0866 e. The van der Waals surface area contributed by atoms with E-state index in [1.807, 2.05) is 60.7 Å². The predicted molar refractivity (Wildman–Crippen MR) is 283 cm³/mol. The number of hydrogen-bond donors (Lipinski definition) is 2. The van der Waals surface area contributed by atoms with Crippen LogP contribution in [0.25, 0.3) is 22.3 Å². The van der Waals surface area contributed by atoms with Crippen molar-refractivity contribution in [2.24, 2.45) is 0 Å². The summed E-state index contributed by atoms with van der Waals surface area (Å²) in [7, 11) is 0.566. The zero-order chi connectivity index (χ0) is 47.1. The van der Waals surface area contributed by atoms with Crippen molar-refractivity contribution in [1.82, 2.24) is 0 Å². The van der Waals surface area contributed by atoms with E-state index in [1.54, 1.807) is 0 Å². The summed E-state index contributed by atoms with van der Waals surface area (Å²) in [5.74, 6) is 2.99. The zero-order valence-electron chi connectivity index (χ0n) is 41.0. The Balaban J connectivity index is 0.000000424. The molecule has 2 N–H and O–H groups in total. The summed E-state index contributed by atoms with van der Waals surface area (Å²) in [6, 6.07) is 42.3. The van der Waals surface area contributed by atoms with E-state index in [-0.39, 0.29) is 42.2 Å². The second kappa shape index (κ2) is 22.2. The molecule has 4 atom stereocenters. The van der Waals surface area contributed by atoms with E-state index in [1.165, 1.54) is 71.9 Å². The molecule has 0 amide bonds. The third-order valence-corrected chi connectivity index (χ3v) is 28.5. The molecule has 2 nitrogen and oxygen atoms in total. The minimum absolute atomic E-state index is 0.0126. The second-order valence-corrected chi connectivity index (χ2v) is 32.0. The van der Waals surface area contributed by atoms with Crippen molar-refractivity contribution in [1.29, 1.82) is 0 Å². The van der Waals surface area contributed by atoms with Crippen LogP contribution in [0.5, 0.6) is 11.5 Å². The standard InChI is InChI=1S/C46H60O2S2.2C7H7.Ti/c1-29-17-30(2)20-33(19-29)39-25-37(45(5,6)7)23-35(43(39)47)27-49-41-15-13-11-12-14-16-42(41)50-28-36-24-38(46(8,9)10)26-40(44(36)48)34-21-31(3)18-32(4)22-34;2*1-7-5-3-2-4-6-7;/h17-26,41-42,47-48H,11-16,27-28H2,1-10H3;2*2-6H,1H2;/q;2*-1;/t41-,42?;;;/m0.../s1. The third-order valence-electron chi connectivity index (χ3n) is 12.6. The molecule has 0 saturated heterocycles. The van der Waals surface area contributed by atoms with E-state index in [4.69, 9.17) is 0 Å². The van der Waals surface area contributed by atoms with Gasteiger partial charge in [-0.05, 0) is 0 Å². The van der Waals surface area contributed by atoms with Gasteiger partial charge >= 0.3 is 321 Å². The number of benzene rings is 6. The quantitative estimate of drug-likeness (QED) is 0.129. The minimum atomic E-state index is -0.322. The van der Waals surface area contributed by atoms with Crippen LogP contribution in [0.3, 0.4) is 0 Å². The van der Waals surface area contributed by atoms with E-state index in [0.717, 1.165) is 66.5 Å². The molecule has 8 rings (SSSR count). The molecule has 1 aliphatic heterocycles. The minimum Gasteiger partial charge on any atom is -0.199 e. The first-order valence-corrected chi connectivity index (χ1v) is 30.3. The summed E-state index contributed by atoms with van der Waals surface area (Å²) >= 11 is -0.322. The van der Waals surface area contributed by atoms with Crippen LogP contribution in [-0.4, -0.2) is 20.7 Å². The molecule has 6 aromatic carbocycles. The van der Waals surface area contributed by atoms with Gasteiger partial charge in [-0.3, -0.25) is 0 Å². The van der Waals surface area contributed by atoms with Crippen molar-refractivity contribution in [2.75, 3.05) is 0 Å². The van der Waals surface area contributed by atoms with Crippen LogP contribution in [0.15, 0.2) is 121 Å². The summed E-state index contributed by atoms with van der Waals surface area (Å²) in [6.45, 7) is 29.9. The molecule has 0 aromatic heterocycles. The molecule has 5 heteroatoms. The van der Waals surface area contributed by atoms with Crippen molar-refractivity contribution in [3.63, 3.8) is 0 Å². The Bertz CT molecular complexity index is 2420. The Morgan fingerprint density at radius 1 is 0.492 bits per heavy atom. The molecule has 65 heavy (non-hydrogen) atoms. The van der Waals surface area contributed by atoms with E-state index < -0.39 is 0 Å². The Morgan fingerprint density at radius 3 is 1.12 bits per heavy atom. The molecule has 1 heterocycles. The van der Waals surface area contributed by atoms with Gasteiger partial charge < -0.3 is 0 Å². The van der Waals surface area contributed by atoms with Crippen LogP contribution in [0.1, 0.15) is 136 Å². The number of fused-ring (bicyclic) bond motifs is 1. The maximum Gasteiger partial charge on any atom is -0.0866 e. The number of rotatable bonds is 6. The van der Waals surface area contributed by atoms with Gasteiger partial charge in [0, 0.05) is 0 Å². The molecule has 0 radical (unpaired) electrons. The van der Waals surface area contributed by atoms with E-state index in [0.29, 0.717) is 11.5 Å². The number of phenols is 2. The van der Waals surface area contributed by atoms with Gasteiger partial charge in [-0.25, -0.2) is 0 Å². The normalized spacial score (nSPS) is 18.3. The molecule has 1 saturated carbocycles. The van der Waals surface area contributed by atoms with Gasteiger partial charge in [0.05, 0.1) is 0 Å². The predicted octanol–water partition coefficient (Wildman–Crippen LogP) is 17.3. The Morgan fingerprint density at radius 2 is 0.831 bits per heavy atom. The van der Waals surface area contributed by atoms with Crippen molar-refractivity contribution >= 4 is 15.9 Å². The molecule has 1 aliphatic carbocycles. The number of phenolic OH excluding ortho intramolecular Hbond substituents is 2. The number of aryl methyl sites for hydroxylation is 4. The van der Waals surface area contributed by atoms with Crippen molar-refractivity contribution in [3.8, 4) is 33.8 Å². The molecular formula is C60H74O2S2Ti-2. The van der Waals surface area contributed by atoms with Crippen molar-refractivity contribution in [2.45, 2.75) is 141 Å². The molecular weight excluding hydrogens is 865 g/mol. The Labute approximate surface area is 403 Å². The van der Waals surface area contributed by atoms with Crippen molar-refractivity contribution < 1.29 is 25.7 Å². The average Bonchev–Trinajstić information content (AvgIpc) is 3.51. The molecule has 0 bridgehead atoms. The monoisotopic (exact) mass is 938 g/mol. The largest absolute Gasteiger partial charge is 0.199 e. The van der Waals surface area contributed by atoms with Gasteiger partial charge in [-0.2, -0.15) is 49.2 Å². The van der Waals surface area contributed by atoms with E-state index in [2.05, 4.69) is 144 Å². The molecule has 2 unspecified atom stereocenters. The van der Waals surface area contributed by atoms with Crippen LogP contribution >= 0.6 is 15.9 Å². The number of hydrogen-bond acceptors (Lipinski definition) is 2. The van der Waals surface area contributed by atoms with Gasteiger partial charge in [0.15, 0.2) is 0 Å². The SMILES string of the molecule is Cc1cc(C)cc(-c2cc(C(C)(C)C)cc(C[S]3=[Ti]=[S@@](Cc4cc(C(C)(C)C)cc(-c5cc(C)cc(C)c5)c4O)C4CCCCCC[C@@H]43)c2O)c1.[CH2-]c1ccccc1.[CH2-]c1ccccc1. The van der Waals surface area contributed by atoms with Crippen LogP contribution in [0.2, 0.25) is 0 Å². The Hall–Kier alpha value is -3.93. The summed E-state index contributed by atoms with van der Waals surface area (Å²) in [5.41, 5.74) is 16.2. The van der Waals surface area contributed by atoms with E-state index >= 15 is 0 Å². The number of aromatic hydroxyl groups is 2. The molecule has 344 valence electrons.